The highest BCUT2D eigenvalue weighted by Gasteiger charge is 1.97. The molecule has 0 spiro atoms. The van der Waals surface area contributed by atoms with Crippen LogP contribution in [-0.4, -0.2) is 49.0 Å². The minimum Gasteiger partial charge on any atom is -0.383 e. The van der Waals surface area contributed by atoms with Crippen molar-refractivity contribution in [3.8, 4) is 0 Å². The zero-order valence-corrected chi connectivity index (χ0v) is 21.2. The SMILES string of the molecule is CC(C)CNCc1ccc(/C=C/C(=O)NO)cc1.COCCNCc1ccc(/C=C/C(=O)NO)cc1. The Morgan fingerprint density at radius 3 is 1.64 bits per heavy atom. The first kappa shape index (κ1) is 30.7. The smallest absolute Gasteiger partial charge is 0.267 e. The predicted molar refractivity (Wildman–Crippen MR) is 141 cm³/mol. The topological polar surface area (TPSA) is 132 Å². The number of hydrogen-bond acceptors (Lipinski definition) is 7. The molecule has 0 fully saturated rings. The zero-order valence-electron chi connectivity index (χ0n) is 21.2. The Morgan fingerprint density at radius 1 is 0.806 bits per heavy atom. The molecule has 9 nitrogen and oxygen atoms in total. The van der Waals surface area contributed by atoms with Crippen molar-refractivity contribution in [3.63, 3.8) is 0 Å². The van der Waals surface area contributed by atoms with Gasteiger partial charge in [-0.3, -0.25) is 20.0 Å². The van der Waals surface area contributed by atoms with Gasteiger partial charge in [0.05, 0.1) is 6.61 Å². The Labute approximate surface area is 213 Å². The van der Waals surface area contributed by atoms with Crippen LogP contribution < -0.4 is 21.6 Å². The normalized spacial score (nSPS) is 10.9. The third kappa shape index (κ3) is 14.8. The summed E-state index contributed by atoms with van der Waals surface area (Å²) >= 11 is 0. The van der Waals surface area contributed by atoms with Crippen molar-refractivity contribution in [1.82, 2.24) is 21.6 Å². The summed E-state index contributed by atoms with van der Waals surface area (Å²) in [6.45, 7) is 8.48. The van der Waals surface area contributed by atoms with Crippen LogP contribution >= 0.6 is 0 Å². The van der Waals surface area contributed by atoms with Gasteiger partial charge in [-0.05, 0) is 46.9 Å². The Bertz CT molecular complexity index is 942. The molecule has 0 saturated heterocycles. The highest BCUT2D eigenvalue weighted by atomic mass is 16.5. The molecule has 0 heterocycles. The molecular formula is C27H38N4O5. The summed E-state index contributed by atoms with van der Waals surface area (Å²) in [5.74, 6) is -0.429. The molecule has 0 unspecified atom stereocenters. The van der Waals surface area contributed by atoms with E-state index in [2.05, 4.69) is 24.5 Å². The molecule has 2 aromatic carbocycles. The van der Waals surface area contributed by atoms with Crippen LogP contribution in [-0.2, 0) is 27.4 Å². The predicted octanol–water partition coefficient (Wildman–Crippen LogP) is 2.89. The van der Waals surface area contributed by atoms with E-state index in [1.807, 2.05) is 48.5 Å². The summed E-state index contributed by atoms with van der Waals surface area (Å²) < 4.78 is 4.93. The number of amides is 2. The molecule has 0 atom stereocenters. The van der Waals surface area contributed by atoms with Crippen molar-refractivity contribution in [1.29, 1.82) is 0 Å². The van der Waals surface area contributed by atoms with Gasteiger partial charge < -0.3 is 15.4 Å². The van der Waals surface area contributed by atoms with Crippen molar-refractivity contribution in [2.45, 2.75) is 26.9 Å². The van der Waals surface area contributed by atoms with Crippen LogP contribution in [0.1, 0.15) is 36.1 Å². The molecule has 0 saturated carbocycles. The number of hydrogen-bond donors (Lipinski definition) is 6. The van der Waals surface area contributed by atoms with E-state index in [9.17, 15) is 9.59 Å². The number of benzene rings is 2. The van der Waals surface area contributed by atoms with Gasteiger partial charge >= 0.3 is 0 Å². The standard InChI is InChI=1S/C14H20N2O2.C13H18N2O3/c1-11(2)9-15-10-13-5-3-12(4-6-13)7-8-14(17)16-18;1-18-9-8-14-10-12-4-2-11(3-5-12)6-7-13(16)15-17/h3-8,11,15,18H,9-10H2,1-2H3,(H,16,17);2-7,14,17H,8-10H2,1H3,(H,15,16)/b8-7+;7-6+. The van der Waals surface area contributed by atoms with Crippen LogP contribution in [0.4, 0.5) is 0 Å². The summed E-state index contributed by atoms with van der Waals surface area (Å²) in [7, 11) is 1.67. The first-order valence-corrected chi connectivity index (χ1v) is 11.7. The monoisotopic (exact) mass is 498 g/mol. The lowest BCUT2D eigenvalue weighted by Crippen LogP contribution is -2.18. The van der Waals surface area contributed by atoms with E-state index < -0.39 is 11.8 Å². The number of ether oxygens (including phenoxy) is 1. The molecule has 2 rings (SSSR count). The van der Waals surface area contributed by atoms with Crippen molar-refractivity contribution < 1.29 is 24.7 Å². The molecule has 0 aliphatic heterocycles. The van der Waals surface area contributed by atoms with Crippen LogP contribution in [0.25, 0.3) is 12.2 Å². The summed E-state index contributed by atoms with van der Waals surface area (Å²) in [5, 5.41) is 23.3. The number of carbonyl (C=O) groups is 2. The summed E-state index contributed by atoms with van der Waals surface area (Å²) in [5.41, 5.74) is 7.28. The van der Waals surface area contributed by atoms with Crippen LogP contribution in [0, 0.1) is 5.92 Å². The fourth-order valence-electron chi connectivity index (χ4n) is 2.82. The van der Waals surface area contributed by atoms with Gasteiger partial charge in [0.1, 0.15) is 0 Å². The van der Waals surface area contributed by atoms with Gasteiger partial charge in [-0.25, -0.2) is 11.0 Å². The first-order chi connectivity index (χ1) is 17.4. The molecule has 196 valence electrons. The number of nitrogens with one attached hydrogen (secondary N) is 4. The lowest BCUT2D eigenvalue weighted by Gasteiger charge is -2.07. The third-order valence-corrected chi connectivity index (χ3v) is 4.73. The second-order valence-electron chi connectivity index (χ2n) is 8.30. The van der Waals surface area contributed by atoms with Crippen LogP contribution in [0.5, 0.6) is 0 Å². The average Bonchev–Trinajstić information content (AvgIpc) is 2.90. The fourth-order valence-corrected chi connectivity index (χ4v) is 2.82. The van der Waals surface area contributed by atoms with E-state index in [0.717, 1.165) is 42.9 Å². The van der Waals surface area contributed by atoms with Crippen molar-refractivity contribution in [2.24, 2.45) is 5.92 Å². The molecule has 0 aliphatic carbocycles. The fraction of sp³-hybridized carbons (Fsp3) is 0.333. The molecule has 2 amide bonds. The van der Waals surface area contributed by atoms with Crippen LogP contribution in [0.3, 0.4) is 0 Å². The molecule has 0 aliphatic rings. The number of carbonyl (C=O) groups excluding carboxylic acids is 2. The molecule has 36 heavy (non-hydrogen) atoms. The van der Waals surface area contributed by atoms with Crippen LogP contribution in [0.15, 0.2) is 60.7 Å². The number of methoxy groups -OCH3 is 1. The first-order valence-electron chi connectivity index (χ1n) is 11.7. The highest BCUT2D eigenvalue weighted by Crippen LogP contribution is 2.07. The van der Waals surface area contributed by atoms with E-state index in [1.165, 1.54) is 23.2 Å². The molecule has 9 heteroatoms. The van der Waals surface area contributed by atoms with Gasteiger partial charge in [-0.15, -0.1) is 0 Å². The van der Waals surface area contributed by atoms with Crippen molar-refractivity contribution >= 4 is 24.0 Å². The molecule has 0 aromatic heterocycles. The van der Waals surface area contributed by atoms with Gasteiger partial charge in [0.2, 0.25) is 0 Å². The second-order valence-corrected chi connectivity index (χ2v) is 8.30. The van der Waals surface area contributed by atoms with E-state index >= 15 is 0 Å². The van der Waals surface area contributed by atoms with E-state index in [0.29, 0.717) is 12.5 Å². The quantitative estimate of drug-likeness (QED) is 0.108. The van der Waals surface area contributed by atoms with E-state index in [-0.39, 0.29) is 0 Å². The molecule has 0 bridgehead atoms. The third-order valence-electron chi connectivity index (χ3n) is 4.73. The lowest BCUT2D eigenvalue weighted by atomic mass is 10.1. The number of rotatable bonds is 13. The summed E-state index contributed by atoms with van der Waals surface area (Å²) in [6, 6.07) is 15.7. The minimum absolute atomic E-state index is 0.530. The van der Waals surface area contributed by atoms with Gasteiger partial charge in [-0.2, -0.15) is 0 Å². The highest BCUT2D eigenvalue weighted by molar-refractivity contribution is 5.91. The Hall–Kier alpha value is -3.34. The Kier molecular flexibility index (Phi) is 16.1. The largest absolute Gasteiger partial charge is 0.383 e. The maximum Gasteiger partial charge on any atom is 0.267 e. The van der Waals surface area contributed by atoms with Gasteiger partial charge in [-0.1, -0.05) is 62.4 Å². The summed E-state index contributed by atoms with van der Waals surface area (Å²) in [4.78, 5) is 21.6. The molecule has 2 aromatic rings. The van der Waals surface area contributed by atoms with E-state index in [4.69, 9.17) is 15.2 Å². The van der Waals surface area contributed by atoms with Crippen LogP contribution in [0.2, 0.25) is 0 Å². The lowest BCUT2D eigenvalue weighted by molar-refractivity contribution is -0.124. The van der Waals surface area contributed by atoms with Crippen molar-refractivity contribution in [2.75, 3.05) is 26.8 Å². The minimum atomic E-state index is -0.541. The molecular weight excluding hydrogens is 460 g/mol. The Morgan fingerprint density at radius 2 is 1.25 bits per heavy atom. The average molecular weight is 499 g/mol. The van der Waals surface area contributed by atoms with Gasteiger partial charge in [0, 0.05) is 38.9 Å². The number of hydroxylamine groups is 2. The summed E-state index contributed by atoms with van der Waals surface area (Å²) in [6.07, 6.45) is 5.84. The van der Waals surface area contributed by atoms with E-state index in [1.54, 1.807) is 24.7 Å². The maximum absolute atomic E-state index is 10.8. The zero-order chi connectivity index (χ0) is 26.6. The maximum atomic E-state index is 10.8. The second kappa shape index (κ2) is 18.9. The van der Waals surface area contributed by atoms with Crippen molar-refractivity contribution in [3.05, 3.63) is 82.9 Å². The molecule has 0 radical (unpaired) electrons. The Balaban J connectivity index is 0.000000360. The molecule has 6 N–H and O–H groups in total. The van der Waals surface area contributed by atoms with Gasteiger partial charge in [0.25, 0.3) is 11.8 Å². The van der Waals surface area contributed by atoms with Gasteiger partial charge in [0.15, 0.2) is 0 Å².